The third-order valence-corrected chi connectivity index (χ3v) is 26.6. The molecule has 33 nitrogen and oxygen atoms in total. The smallest absolute Gasteiger partial charge is 0.181 e. The Balaban J connectivity index is 0.000000104. The minimum atomic E-state index is -0.304. The van der Waals surface area contributed by atoms with Gasteiger partial charge in [-0.25, -0.2) is 53.0 Å². The number of hydrogen-bond acceptors (Lipinski definition) is 25. The van der Waals surface area contributed by atoms with Crippen LogP contribution in [0.3, 0.4) is 0 Å². The quantitative estimate of drug-likeness (QED) is 0.0351. The zero-order valence-corrected chi connectivity index (χ0v) is 79.5. The zero-order chi connectivity index (χ0) is 98.2. The molecule has 21 aromatic heterocycles. The lowest BCUT2D eigenvalue weighted by atomic mass is 10.1. The first kappa shape index (κ1) is 90.5. The summed E-state index contributed by atoms with van der Waals surface area (Å²) >= 11 is 0. The molecule has 36 heteroatoms. The van der Waals surface area contributed by atoms with Crippen molar-refractivity contribution in [3.63, 3.8) is 0 Å². The predicted octanol–water partition coefficient (Wildman–Crippen LogP) is 20.5. The zero-order valence-electron chi connectivity index (χ0n) is 79.5. The molecule has 146 heavy (non-hydrogen) atoms. The highest BCUT2D eigenvalue weighted by Gasteiger charge is 2.26. The van der Waals surface area contributed by atoms with E-state index in [1.54, 1.807) is 61.6 Å². The van der Waals surface area contributed by atoms with Crippen LogP contribution in [0.5, 0.6) is 0 Å². The molecular formula is C110H92F3N33. The van der Waals surface area contributed by atoms with E-state index in [2.05, 4.69) is 200 Å². The second kappa shape index (κ2) is 39.5. The van der Waals surface area contributed by atoms with Crippen molar-refractivity contribution in [1.82, 2.24) is 165 Å². The molecule has 0 radical (unpaired) electrons. The summed E-state index contributed by atoms with van der Waals surface area (Å²) in [6, 6.07) is 38.4. The van der Waals surface area contributed by atoms with Crippen molar-refractivity contribution in [2.45, 2.75) is 71.6 Å². The monoisotopic (exact) mass is 1930 g/mol. The van der Waals surface area contributed by atoms with E-state index in [4.69, 9.17) is 19.9 Å². The van der Waals surface area contributed by atoms with Gasteiger partial charge in [0.1, 0.15) is 45.7 Å². The molecule has 8 N–H and O–H groups in total. The molecule has 0 unspecified atom stereocenters. The fraction of sp³-hybridized carbons (Fsp3) is 0.173. The second-order valence-corrected chi connectivity index (χ2v) is 37.2. The maximum atomic E-state index is 13.9. The van der Waals surface area contributed by atoms with Crippen LogP contribution in [0.15, 0.2) is 264 Å². The highest BCUT2D eigenvalue weighted by molar-refractivity contribution is 6.02. The summed E-state index contributed by atoms with van der Waals surface area (Å²) in [6.45, 7) is 12.4. The molecule has 0 aliphatic carbocycles. The van der Waals surface area contributed by atoms with Crippen molar-refractivity contribution in [3.05, 3.63) is 309 Å². The van der Waals surface area contributed by atoms with Gasteiger partial charge in [0.05, 0.1) is 84.9 Å². The van der Waals surface area contributed by atoms with Gasteiger partial charge >= 0.3 is 0 Å². The van der Waals surface area contributed by atoms with Crippen LogP contribution in [-0.4, -0.2) is 218 Å². The molecule has 0 bridgehead atoms. The number of aromatic amines is 8. The molecule has 3 aromatic carbocycles. The van der Waals surface area contributed by atoms with Crippen LogP contribution >= 0.6 is 0 Å². The van der Waals surface area contributed by atoms with Gasteiger partial charge in [-0.2, -0.15) is 20.4 Å². The van der Waals surface area contributed by atoms with E-state index in [-0.39, 0.29) is 17.5 Å². The summed E-state index contributed by atoms with van der Waals surface area (Å²) in [4.78, 5) is 100. The number of pyridine rings is 13. The fourth-order valence-electron chi connectivity index (χ4n) is 19.3. The summed E-state index contributed by atoms with van der Waals surface area (Å²) in [7, 11) is 4.09. The molecule has 3 saturated heterocycles. The third kappa shape index (κ3) is 18.9. The Morgan fingerprint density at radius 2 is 0.555 bits per heavy atom. The van der Waals surface area contributed by atoms with Crippen LogP contribution in [0.1, 0.15) is 66.3 Å². The maximum Gasteiger partial charge on any atom is 0.181 e. The normalized spacial score (nSPS) is 13.6. The standard InChI is InChI=1S/C29H25FN8.C28H23FN8.C27H21FN8.C26H23N9/c30-22-6-4-5-19(10-22)24-15-32-16-25-26(24)35-29(34-25)27-23-11-21(14-33-28(23)37-36-27)20-9-18(12-31-13-20)17-38-7-2-1-3-8-38;29-21-5-3-4-18(9-21)23-14-31-15-24-25(23)34-28(33-24)26-22-10-20(13-32-27(22)36-35-26)19-8-17(11-30-12-19)16-37-6-1-2-7-37;28-20-4-1-3-17(8-20)22-13-30-14-23-24(22)33-27(32-23)25-21-9-19(12-31-26(21)35-34-25)18-7-16(10-29-11-18)15-36-5-2-6-36;1-15-4-19(10-27-7-15)21-12-29-13-22-23(21)32-26(31-22)24-20-6-18(11-30-25(20)34-33-24)17-5-16(8-28-9-17)14-35(2)3/h4-6,9-16H,1-3,7-8,17H2,(H,34,35)(H,33,36,37);3-5,8-15H,1-2,6-7,16H2,(H,33,34)(H,32,35,36);1,3-4,7-14H,2,5-6,15H2,(H,32,33)(H,31,34,35);4-13H,14H2,1-3H3,(H,31,32)(H,30,33,34). The molecule has 0 spiro atoms. The lowest BCUT2D eigenvalue weighted by molar-refractivity contribution is 0.172. The van der Waals surface area contributed by atoms with Crippen LogP contribution < -0.4 is 0 Å². The molecule has 0 atom stereocenters. The number of rotatable bonds is 20. The van der Waals surface area contributed by atoms with E-state index >= 15 is 0 Å². The molecule has 3 aliphatic rings. The number of aromatic nitrogens is 29. The fourth-order valence-corrected chi connectivity index (χ4v) is 19.3. The average Bonchev–Trinajstić information content (AvgIpc) is 1.62. The summed E-state index contributed by atoms with van der Waals surface area (Å²) < 4.78 is 41.7. The second-order valence-electron chi connectivity index (χ2n) is 37.2. The van der Waals surface area contributed by atoms with Crippen LogP contribution in [-0.2, 0) is 26.2 Å². The maximum absolute atomic E-state index is 13.9. The van der Waals surface area contributed by atoms with Crippen molar-refractivity contribution in [2.24, 2.45) is 0 Å². The highest BCUT2D eigenvalue weighted by Crippen LogP contribution is 2.40. The van der Waals surface area contributed by atoms with Gasteiger partial charge in [0.15, 0.2) is 45.9 Å². The number of hydrogen-bond donors (Lipinski definition) is 8. The molecule has 0 amide bonds. The minimum absolute atomic E-state index is 0.303. The average molecular weight is 1930 g/mol. The minimum Gasteiger partial charge on any atom is -0.335 e. The van der Waals surface area contributed by atoms with E-state index in [1.165, 1.54) is 91.6 Å². The SMILES string of the molecule is Cc1cncc(-c2cncc3[nH]c(-c4[nH]nc5ncc(-c6cncc(CN(C)C)c6)cc45)nc23)c1.Fc1cccc(-c2cncc3[nH]c(-c4[nH]nc5ncc(-c6cncc(CN7CCC7)c6)cc45)nc23)c1.Fc1cccc(-c2cncc3[nH]c(-c4[nH]nc5ncc(-c6cncc(CN7CCCC7)c6)cc45)nc23)c1.Fc1cccc(-c2cncc3[nH]c(-c4[nH]nc5ncc(-c6cncc(CN7CCCCC7)c6)cc45)nc23)c1. The van der Waals surface area contributed by atoms with Crippen molar-refractivity contribution >= 4 is 88.3 Å². The number of nitrogens with one attached hydrogen (secondary N) is 8. The number of benzene rings is 3. The van der Waals surface area contributed by atoms with Crippen LogP contribution in [0.4, 0.5) is 13.2 Å². The topological polar surface area (TPSA) is 410 Å². The van der Waals surface area contributed by atoms with E-state index in [9.17, 15) is 13.2 Å². The van der Waals surface area contributed by atoms with Crippen LogP contribution in [0.25, 0.3) is 223 Å². The lowest BCUT2D eigenvalue weighted by Crippen LogP contribution is -2.36. The number of nitrogens with zero attached hydrogens (tertiary/aromatic N) is 25. The highest BCUT2D eigenvalue weighted by atomic mass is 19.1. The van der Waals surface area contributed by atoms with Crippen molar-refractivity contribution in [1.29, 1.82) is 0 Å². The van der Waals surface area contributed by atoms with Crippen molar-refractivity contribution in [3.8, 4) is 135 Å². The summed E-state index contributed by atoms with van der Waals surface area (Å²) in [5.41, 5.74) is 31.5. The summed E-state index contributed by atoms with van der Waals surface area (Å²) in [6.07, 6.45) is 47.6. The van der Waals surface area contributed by atoms with Gasteiger partial charge in [-0.1, -0.05) is 42.8 Å². The molecule has 3 aliphatic heterocycles. The Morgan fingerprint density at radius 1 is 0.274 bits per heavy atom. The van der Waals surface area contributed by atoms with Gasteiger partial charge in [0, 0.05) is 210 Å². The summed E-state index contributed by atoms with van der Waals surface area (Å²) in [5.74, 6) is 1.61. The lowest BCUT2D eigenvalue weighted by Gasteiger charge is -2.30. The Kier molecular flexibility index (Phi) is 24.5. The number of halogens is 3. The van der Waals surface area contributed by atoms with Crippen molar-refractivity contribution in [2.75, 3.05) is 53.4 Å². The number of imidazole rings is 4. The van der Waals surface area contributed by atoms with Gasteiger partial charge in [-0.3, -0.25) is 80.0 Å². The van der Waals surface area contributed by atoms with E-state index in [0.29, 0.717) is 62.4 Å². The Morgan fingerprint density at radius 3 is 0.863 bits per heavy atom. The Bertz CT molecular complexity index is 8980. The number of likely N-dealkylation sites (tertiary alicyclic amines) is 3. The van der Waals surface area contributed by atoms with Crippen molar-refractivity contribution < 1.29 is 13.2 Å². The van der Waals surface area contributed by atoms with E-state index < -0.39 is 0 Å². The van der Waals surface area contributed by atoms with Gasteiger partial charge in [-0.05, 0) is 228 Å². The van der Waals surface area contributed by atoms with E-state index in [1.807, 2.05) is 132 Å². The van der Waals surface area contributed by atoms with Crippen LogP contribution in [0, 0.1) is 24.4 Å². The first-order chi connectivity index (χ1) is 71.7. The molecule has 27 rings (SSSR count). The van der Waals surface area contributed by atoms with Gasteiger partial charge < -0.3 is 24.8 Å². The molecular weight excluding hydrogens is 1840 g/mol. The summed E-state index contributed by atoms with van der Waals surface area (Å²) in [5, 5.41) is 33.4. The Labute approximate surface area is 830 Å². The molecule has 24 aromatic rings. The number of H-pyrrole nitrogens is 8. The molecule has 718 valence electrons. The molecule has 24 heterocycles. The van der Waals surface area contributed by atoms with Crippen LogP contribution in [0.2, 0.25) is 0 Å². The number of aryl methyl sites for hydroxylation is 1. The van der Waals surface area contributed by atoms with E-state index in [0.717, 1.165) is 237 Å². The third-order valence-electron chi connectivity index (χ3n) is 26.6. The largest absolute Gasteiger partial charge is 0.335 e. The first-order valence-corrected chi connectivity index (χ1v) is 48.2. The molecule has 0 saturated carbocycles. The number of piperidine rings is 1. The molecule has 3 fully saturated rings. The Hall–Kier alpha value is -18.0. The van der Waals surface area contributed by atoms with Gasteiger partial charge in [-0.15, -0.1) is 0 Å². The first-order valence-electron chi connectivity index (χ1n) is 48.2. The predicted molar refractivity (Wildman–Crippen MR) is 555 cm³/mol. The van der Waals surface area contributed by atoms with Gasteiger partial charge in [0.25, 0.3) is 0 Å². The number of fused-ring (bicyclic) bond motifs is 8. The van der Waals surface area contributed by atoms with Gasteiger partial charge in [0.2, 0.25) is 0 Å².